The summed E-state index contributed by atoms with van der Waals surface area (Å²) in [6.45, 7) is 1.97. The third-order valence-corrected chi connectivity index (χ3v) is 5.41. The summed E-state index contributed by atoms with van der Waals surface area (Å²) in [7, 11) is 4.44. The van der Waals surface area contributed by atoms with E-state index < -0.39 is 17.0 Å². The topological polar surface area (TPSA) is 117 Å². The van der Waals surface area contributed by atoms with Crippen molar-refractivity contribution >= 4 is 23.0 Å². The molecule has 1 unspecified atom stereocenters. The number of phenols is 1. The predicted molar refractivity (Wildman–Crippen MR) is 125 cm³/mol. The van der Waals surface area contributed by atoms with Crippen LogP contribution in [-0.2, 0) is 14.1 Å². The lowest BCUT2D eigenvalue weighted by Gasteiger charge is -2.22. The van der Waals surface area contributed by atoms with Gasteiger partial charge in [0, 0.05) is 21.1 Å². The van der Waals surface area contributed by atoms with Crippen molar-refractivity contribution in [3.8, 4) is 5.75 Å². The van der Waals surface area contributed by atoms with E-state index in [2.05, 4.69) is 16.0 Å². The number of hydrogen-bond donors (Lipinski definition) is 4. The number of nitrogens with one attached hydrogen (secondary N) is 3. The molecular weight excluding hydrogens is 410 g/mol. The molecule has 1 heterocycles. The zero-order valence-electron chi connectivity index (χ0n) is 18.5. The molecule has 3 rings (SSSR count). The van der Waals surface area contributed by atoms with E-state index in [4.69, 9.17) is 0 Å². The van der Waals surface area contributed by atoms with Crippen LogP contribution in [0.3, 0.4) is 0 Å². The van der Waals surface area contributed by atoms with E-state index in [1.807, 2.05) is 37.3 Å². The minimum Gasteiger partial charge on any atom is -0.505 e. The minimum absolute atomic E-state index is 0.0191. The summed E-state index contributed by atoms with van der Waals surface area (Å²) >= 11 is 0. The summed E-state index contributed by atoms with van der Waals surface area (Å²) in [6.07, 6.45) is 0.666. The molecule has 2 aromatic carbocycles. The van der Waals surface area contributed by atoms with Gasteiger partial charge in [0.2, 0.25) is 0 Å². The van der Waals surface area contributed by atoms with Crippen LogP contribution in [0.2, 0.25) is 0 Å². The highest BCUT2D eigenvalue weighted by Crippen LogP contribution is 2.32. The fourth-order valence-corrected chi connectivity index (χ4v) is 3.44. The van der Waals surface area contributed by atoms with Crippen molar-refractivity contribution in [2.24, 2.45) is 14.1 Å². The number of carbonyl (C=O) groups excluding carboxylic acids is 1. The van der Waals surface area contributed by atoms with Crippen LogP contribution < -0.4 is 27.1 Å². The summed E-state index contributed by atoms with van der Waals surface area (Å²) in [6, 6.07) is 13.9. The Hall–Kier alpha value is -4.01. The van der Waals surface area contributed by atoms with Crippen LogP contribution in [0, 0.1) is 0 Å². The minimum atomic E-state index is -0.475. The number of hydrogen-bond acceptors (Lipinski definition) is 6. The molecular formula is C23H27N5O4. The van der Waals surface area contributed by atoms with Crippen LogP contribution in [0.5, 0.6) is 5.75 Å². The van der Waals surface area contributed by atoms with Crippen molar-refractivity contribution in [1.82, 2.24) is 14.7 Å². The maximum Gasteiger partial charge on any atom is 0.290 e. The number of phenolic OH excluding ortho intramolecular Hbond substituents is 1. The molecule has 0 bridgehead atoms. The van der Waals surface area contributed by atoms with Gasteiger partial charge in [0.25, 0.3) is 17.0 Å². The van der Waals surface area contributed by atoms with Crippen LogP contribution in [0.15, 0.2) is 58.1 Å². The molecule has 0 radical (unpaired) electrons. The highest BCUT2D eigenvalue weighted by atomic mass is 16.3. The van der Waals surface area contributed by atoms with Crippen molar-refractivity contribution in [2.75, 3.05) is 17.7 Å². The lowest BCUT2D eigenvalue weighted by atomic mass is 10.0. The van der Waals surface area contributed by atoms with Crippen molar-refractivity contribution < 1.29 is 9.90 Å². The second-order valence-electron chi connectivity index (χ2n) is 7.33. The quantitative estimate of drug-likeness (QED) is 0.422. The van der Waals surface area contributed by atoms with Gasteiger partial charge in [-0.15, -0.1) is 0 Å². The van der Waals surface area contributed by atoms with Gasteiger partial charge in [0.1, 0.15) is 11.4 Å². The molecule has 32 heavy (non-hydrogen) atoms. The Bertz CT molecular complexity index is 1250. The van der Waals surface area contributed by atoms with Gasteiger partial charge in [-0.3, -0.25) is 14.4 Å². The van der Waals surface area contributed by atoms with Gasteiger partial charge in [-0.2, -0.15) is 0 Å². The number of amides is 1. The summed E-state index contributed by atoms with van der Waals surface area (Å²) in [5.41, 5.74) is 0.322. The fourth-order valence-electron chi connectivity index (χ4n) is 3.44. The highest BCUT2D eigenvalue weighted by Gasteiger charge is 2.22. The zero-order valence-corrected chi connectivity index (χ0v) is 18.5. The third kappa shape index (κ3) is 4.22. The number of para-hydroxylation sites is 1. The molecule has 1 atom stereocenters. The highest BCUT2D eigenvalue weighted by molar-refractivity contribution is 5.99. The first-order chi connectivity index (χ1) is 15.3. The lowest BCUT2D eigenvalue weighted by molar-refractivity contribution is 0.0960. The van der Waals surface area contributed by atoms with Crippen LogP contribution in [0.4, 0.5) is 17.1 Å². The van der Waals surface area contributed by atoms with Gasteiger partial charge in [0.05, 0.1) is 17.3 Å². The average molecular weight is 438 g/mol. The smallest absolute Gasteiger partial charge is 0.290 e. The van der Waals surface area contributed by atoms with Crippen molar-refractivity contribution in [3.63, 3.8) is 0 Å². The van der Waals surface area contributed by atoms with E-state index in [9.17, 15) is 19.5 Å². The van der Waals surface area contributed by atoms with Crippen molar-refractivity contribution in [3.05, 3.63) is 80.4 Å². The Morgan fingerprint density at radius 3 is 2.19 bits per heavy atom. The molecule has 9 nitrogen and oxygen atoms in total. The zero-order chi connectivity index (χ0) is 23.4. The first-order valence-electron chi connectivity index (χ1n) is 10.2. The summed E-state index contributed by atoms with van der Waals surface area (Å²) in [4.78, 5) is 38.3. The SMILES string of the molecule is CCC(Nc1c(Nc2cccc(C(=O)NC)c2O)c(=O)n(C)n(C)c1=O)c1ccccc1. The van der Waals surface area contributed by atoms with E-state index in [0.717, 1.165) is 5.56 Å². The predicted octanol–water partition coefficient (Wildman–Crippen LogP) is 2.46. The Labute approximate surface area is 185 Å². The molecule has 0 saturated carbocycles. The van der Waals surface area contributed by atoms with E-state index in [1.54, 1.807) is 6.07 Å². The molecule has 0 aliphatic rings. The number of nitrogens with zero attached hydrogens (tertiary/aromatic N) is 2. The largest absolute Gasteiger partial charge is 0.505 e. The maximum atomic E-state index is 13.1. The summed E-state index contributed by atoms with van der Waals surface area (Å²) < 4.78 is 2.40. The Kier molecular flexibility index (Phi) is 6.67. The molecule has 0 saturated heterocycles. The van der Waals surface area contributed by atoms with Crippen molar-refractivity contribution in [1.29, 1.82) is 0 Å². The fraction of sp³-hybridized carbons (Fsp3) is 0.261. The molecule has 1 aromatic heterocycles. The number of rotatable bonds is 7. The van der Waals surface area contributed by atoms with E-state index in [1.165, 1.54) is 42.6 Å². The summed E-state index contributed by atoms with van der Waals surface area (Å²) in [5, 5.41) is 19.1. The van der Waals surface area contributed by atoms with E-state index in [-0.39, 0.29) is 34.4 Å². The standard InChI is InChI=1S/C23H27N5O4/c1-5-16(14-10-7-6-8-11-14)25-18-19(23(32)28(4)27(3)22(18)31)26-17-13-9-12-15(20(17)29)21(30)24-2/h6-13,16,25-26,29H,5H2,1-4H3,(H,24,30). The van der Waals surface area contributed by atoms with Gasteiger partial charge in [-0.1, -0.05) is 43.3 Å². The lowest BCUT2D eigenvalue weighted by Crippen LogP contribution is -2.38. The van der Waals surface area contributed by atoms with Crippen molar-refractivity contribution in [2.45, 2.75) is 19.4 Å². The molecule has 0 aliphatic carbocycles. The number of aromatic hydroxyl groups is 1. The summed E-state index contributed by atoms with van der Waals surface area (Å²) in [5.74, 6) is -0.799. The number of carbonyl (C=O) groups is 1. The van der Waals surface area contributed by atoms with Gasteiger partial charge in [0.15, 0.2) is 5.75 Å². The first kappa shape index (κ1) is 22.7. The number of anilines is 3. The third-order valence-electron chi connectivity index (χ3n) is 5.41. The van der Waals surface area contributed by atoms with Crippen LogP contribution in [0.1, 0.15) is 35.3 Å². The molecule has 4 N–H and O–H groups in total. The van der Waals surface area contributed by atoms with Gasteiger partial charge in [-0.05, 0) is 24.1 Å². The average Bonchev–Trinajstić information content (AvgIpc) is 2.82. The number of aromatic nitrogens is 2. The van der Waals surface area contributed by atoms with Gasteiger partial charge < -0.3 is 21.1 Å². The molecule has 1 amide bonds. The molecule has 3 aromatic rings. The molecule has 0 fully saturated rings. The Morgan fingerprint density at radius 1 is 0.969 bits per heavy atom. The Morgan fingerprint density at radius 2 is 1.59 bits per heavy atom. The first-order valence-corrected chi connectivity index (χ1v) is 10.2. The normalized spacial score (nSPS) is 11.6. The van der Waals surface area contributed by atoms with E-state index in [0.29, 0.717) is 6.42 Å². The monoisotopic (exact) mass is 437 g/mol. The van der Waals surface area contributed by atoms with Crippen LogP contribution >= 0.6 is 0 Å². The maximum absolute atomic E-state index is 13.1. The molecule has 168 valence electrons. The van der Waals surface area contributed by atoms with Gasteiger partial charge >= 0.3 is 0 Å². The van der Waals surface area contributed by atoms with Crippen LogP contribution in [-0.4, -0.2) is 27.4 Å². The van der Waals surface area contributed by atoms with Gasteiger partial charge in [-0.25, -0.2) is 9.36 Å². The molecule has 0 spiro atoms. The second-order valence-corrected chi connectivity index (χ2v) is 7.33. The second kappa shape index (κ2) is 9.42. The Balaban J connectivity index is 2.14. The molecule has 0 aliphatic heterocycles. The van der Waals surface area contributed by atoms with E-state index >= 15 is 0 Å². The van der Waals surface area contributed by atoms with Crippen LogP contribution in [0.25, 0.3) is 0 Å². The number of benzene rings is 2. The molecule has 9 heteroatoms.